The van der Waals surface area contributed by atoms with Gasteiger partial charge < -0.3 is 4.74 Å². The van der Waals surface area contributed by atoms with E-state index in [0.29, 0.717) is 0 Å². The summed E-state index contributed by atoms with van der Waals surface area (Å²) in [6.45, 7) is 11.6. The second-order valence-corrected chi connectivity index (χ2v) is 8.31. The van der Waals surface area contributed by atoms with Gasteiger partial charge in [-0.2, -0.15) is 0 Å². The SMILES string of the molecule is COc1ccc(C(C)=Cc2ccc3c(c2)C(C)(C)CC3(C)C)cc1. The molecule has 0 bridgehead atoms. The van der Waals surface area contributed by atoms with E-state index in [9.17, 15) is 0 Å². The van der Waals surface area contributed by atoms with Gasteiger partial charge in [0.15, 0.2) is 0 Å². The van der Waals surface area contributed by atoms with Gasteiger partial charge in [-0.15, -0.1) is 0 Å². The molecule has 126 valence electrons. The monoisotopic (exact) mass is 320 g/mol. The maximum atomic E-state index is 5.24. The zero-order valence-electron chi connectivity index (χ0n) is 15.7. The summed E-state index contributed by atoms with van der Waals surface area (Å²) in [6.07, 6.45) is 3.49. The van der Waals surface area contributed by atoms with Gasteiger partial charge in [0.1, 0.15) is 5.75 Å². The first kappa shape index (κ1) is 16.8. The number of allylic oxidation sites excluding steroid dienone is 1. The van der Waals surface area contributed by atoms with Crippen molar-refractivity contribution in [2.75, 3.05) is 7.11 Å². The van der Waals surface area contributed by atoms with Crippen LogP contribution in [0.2, 0.25) is 0 Å². The van der Waals surface area contributed by atoms with Crippen LogP contribution in [0.15, 0.2) is 42.5 Å². The predicted molar refractivity (Wildman–Crippen MR) is 104 cm³/mol. The summed E-state index contributed by atoms with van der Waals surface area (Å²) < 4.78 is 5.24. The Balaban J connectivity index is 1.96. The molecule has 1 aliphatic carbocycles. The van der Waals surface area contributed by atoms with Crippen LogP contribution in [0, 0.1) is 0 Å². The molecule has 1 heteroatoms. The van der Waals surface area contributed by atoms with Crippen LogP contribution in [0.4, 0.5) is 0 Å². The molecule has 24 heavy (non-hydrogen) atoms. The van der Waals surface area contributed by atoms with E-state index in [-0.39, 0.29) is 10.8 Å². The lowest BCUT2D eigenvalue weighted by Gasteiger charge is -2.22. The van der Waals surface area contributed by atoms with Crippen LogP contribution < -0.4 is 4.74 Å². The first-order chi connectivity index (χ1) is 11.2. The average Bonchev–Trinajstić information content (AvgIpc) is 2.72. The van der Waals surface area contributed by atoms with Gasteiger partial charge in [-0.05, 0) is 64.1 Å². The molecule has 0 saturated carbocycles. The van der Waals surface area contributed by atoms with E-state index in [1.165, 1.54) is 34.2 Å². The molecular weight excluding hydrogens is 292 g/mol. The summed E-state index contributed by atoms with van der Waals surface area (Å²) >= 11 is 0. The molecule has 0 radical (unpaired) electrons. The Hall–Kier alpha value is -2.02. The largest absolute Gasteiger partial charge is 0.497 e. The van der Waals surface area contributed by atoms with Crippen molar-refractivity contribution in [3.63, 3.8) is 0 Å². The van der Waals surface area contributed by atoms with Crippen LogP contribution in [0.5, 0.6) is 5.75 Å². The number of fused-ring (bicyclic) bond motifs is 1. The van der Waals surface area contributed by atoms with Crippen LogP contribution >= 0.6 is 0 Å². The lowest BCUT2D eigenvalue weighted by Crippen LogP contribution is -2.17. The van der Waals surface area contributed by atoms with Crippen molar-refractivity contribution in [1.82, 2.24) is 0 Å². The van der Waals surface area contributed by atoms with Crippen LogP contribution in [-0.4, -0.2) is 7.11 Å². The van der Waals surface area contributed by atoms with Crippen molar-refractivity contribution in [1.29, 1.82) is 0 Å². The van der Waals surface area contributed by atoms with Gasteiger partial charge >= 0.3 is 0 Å². The Bertz CT molecular complexity index is 776. The van der Waals surface area contributed by atoms with E-state index < -0.39 is 0 Å². The summed E-state index contributed by atoms with van der Waals surface area (Å²) in [4.78, 5) is 0. The van der Waals surface area contributed by atoms with Crippen LogP contribution in [0.3, 0.4) is 0 Å². The van der Waals surface area contributed by atoms with Crippen molar-refractivity contribution in [3.8, 4) is 5.75 Å². The van der Waals surface area contributed by atoms with Gasteiger partial charge in [0, 0.05) is 0 Å². The molecular formula is C23H28O. The molecule has 3 rings (SSSR count). The molecule has 0 spiro atoms. The first-order valence-corrected chi connectivity index (χ1v) is 8.71. The number of hydrogen-bond donors (Lipinski definition) is 0. The number of benzene rings is 2. The Labute approximate surface area is 146 Å². The lowest BCUT2D eigenvalue weighted by molar-refractivity contribution is 0.403. The third kappa shape index (κ3) is 3.00. The fraction of sp³-hybridized carbons (Fsp3) is 0.391. The second-order valence-electron chi connectivity index (χ2n) is 8.31. The quantitative estimate of drug-likeness (QED) is 0.610. The van der Waals surface area contributed by atoms with Crippen LogP contribution in [0.25, 0.3) is 11.6 Å². The molecule has 0 unspecified atom stereocenters. The molecule has 2 aromatic rings. The van der Waals surface area contributed by atoms with Gasteiger partial charge in [0.05, 0.1) is 7.11 Å². The Kier molecular flexibility index (Phi) is 4.07. The van der Waals surface area contributed by atoms with Crippen LogP contribution in [0.1, 0.15) is 63.3 Å². The maximum absolute atomic E-state index is 5.24. The predicted octanol–water partition coefficient (Wildman–Crippen LogP) is 6.21. The summed E-state index contributed by atoms with van der Waals surface area (Å²) in [5.41, 5.74) is 7.31. The smallest absolute Gasteiger partial charge is 0.118 e. The van der Waals surface area contributed by atoms with E-state index in [4.69, 9.17) is 4.74 Å². The van der Waals surface area contributed by atoms with E-state index in [2.05, 4.69) is 71.0 Å². The normalized spacial score (nSPS) is 18.3. The molecule has 0 amide bonds. The molecule has 1 nitrogen and oxygen atoms in total. The fourth-order valence-electron chi connectivity index (χ4n) is 4.28. The topological polar surface area (TPSA) is 9.23 Å². The highest BCUT2D eigenvalue weighted by Gasteiger charge is 2.41. The van der Waals surface area contributed by atoms with Gasteiger partial charge in [0.2, 0.25) is 0 Å². The van der Waals surface area contributed by atoms with Crippen molar-refractivity contribution in [3.05, 3.63) is 64.7 Å². The number of methoxy groups -OCH3 is 1. The summed E-state index contributed by atoms with van der Waals surface area (Å²) in [7, 11) is 1.70. The van der Waals surface area contributed by atoms with Gasteiger partial charge in [-0.3, -0.25) is 0 Å². The third-order valence-corrected chi connectivity index (χ3v) is 5.31. The second kappa shape index (κ2) is 5.81. The minimum absolute atomic E-state index is 0.247. The third-order valence-electron chi connectivity index (χ3n) is 5.31. The molecule has 1 aliphatic rings. The standard InChI is InChI=1S/C23H28O/c1-16(18-8-10-19(24-6)11-9-18)13-17-7-12-20-21(14-17)23(4,5)15-22(20,2)3/h7-14H,15H2,1-6H3. The van der Waals surface area contributed by atoms with Crippen LogP contribution in [-0.2, 0) is 10.8 Å². The summed E-state index contributed by atoms with van der Waals surface area (Å²) in [5.74, 6) is 0.896. The molecule has 0 aliphatic heterocycles. The number of ether oxygens (including phenoxy) is 1. The highest BCUT2D eigenvalue weighted by Crippen LogP contribution is 2.49. The molecule has 0 atom stereocenters. The Morgan fingerprint density at radius 2 is 1.54 bits per heavy atom. The molecule has 0 heterocycles. The first-order valence-electron chi connectivity index (χ1n) is 8.71. The van der Waals surface area contributed by atoms with Crippen molar-refractivity contribution in [2.24, 2.45) is 0 Å². The van der Waals surface area contributed by atoms with Gasteiger partial charge in [0.25, 0.3) is 0 Å². The zero-order chi connectivity index (χ0) is 17.5. The maximum Gasteiger partial charge on any atom is 0.118 e. The summed E-state index contributed by atoms with van der Waals surface area (Å²) in [5, 5.41) is 0. The van der Waals surface area contributed by atoms with E-state index in [0.717, 1.165) is 5.75 Å². The zero-order valence-corrected chi connectivity index (χ0v) is 15.7. The number of hydrogen-bond acceptors (Lipinski definition) is 1. The van der Waals surface area contributed by atoms with E-state index in [1.54, 1.807) is 7.11 Å². The highest BCUT2D eigenvalue weighted by molar-refractivity contribution is 5.80. The average molecular weight is 320 g/mol. The van der Waals surface area contributed by atoms with Crippen molar-refractivity contribution < 1.29 is 4.74 Å². The lowest BCUT2D eigenvalue weighted by atomic mass is 9.82. The highest BCUT2D eigenvalue weighted by atomic mass is 16.5. The molecule has 0 saturated heterocycles. The van der Waals surface area contributed by atoms with Crippen molar-refractivity contribution in [2.45, 2.75) is 51.9 Å². The molecule has 0 N–H and O–H groups in total. The molecule has 2 aromatic carbocycles. The fourth-order valence-corrected chi connectivity index (χ4v) is 4.28. The minimum atomic E-state index is 0.247. The Morgan fingerprint density at radius 1 is 0.917 bits per heavy atom. The van der Waals surface area contributed by atoms with E-state index >= 15 is 0 Å². The molecule has 0 aromatic heterocycles. The minimum Gasteiger partial charge on any atom is -0.497 e. The summed E-state index contributed by atoms with van der Waals surface area (Å²) in [6, 6.07) is 15.2. The molecule has 0 fully saturated rings. The Morgan fingerprint density at radius 3 is 2.17 bits per heavy atom. The van der Waals surface area contributed by atoms with E-state index in [1.807, 2.05) is 12.1 Å². The van der Waals surface area contributed by atoms with Crippen molar-refractivity contribution >= 4 is 11.6 Å². The van der Waals surface area contributed by atoms with Gasteiger partial charge in [-0.25, -0.2) is 0 Å². The number of rotatable bonds is 3. The van der Waals surface area contributed by atoms with Gasteiger partial charge in [-0.1, -0.05) is 64.1 Å².